The zero-order chi connectivity index (χ0) is 17.7. The minimum absolute atomic E-state index is 0.0668. The molecule has 0 heterocycles. The number of benzene rings is 2. The van der Waals surface area contributed by atoms with Crippen LogP contribution in [0.5, 0.6) is 0 Å². The summed E-state index contributed by atoms with van der Waals surface area (Å²) in [6.45, 7) is 2.12. The van der Waals surface area contributed by atoms with Crippen molar-refractivity contribution in [3.05, 3.63) is 64.2 Å². The van der Waals surface area contributed by atoms with Crippen molar-refractivity contribution in [3.8, 4) is 0 Å². The van der Waals surface area contributed by atoms with Gasteiger partial charge in [-0.1, -0.05) is 41.4 Å². The Balaban J connectivity index is 1.92. The number of alkyl halides is 3. The van der Waals surface area contributed by atoms with Crippen LogP contribution in [-0.4, -0.2) is 12.5 Å². The Kier molecular flexibility index (Phi) is 5.72. The summed E-state index contributed by atoms with van der Waals surface area (Å²) in [6, 6.07) is 10.6. The number of hydrogen-bond donors (Lipinski definition) is 2. The molecule has 3 nitrogen and oxygen atoms in total. The minimum Gasteiger partial charge on any atom is -0.375 e. The summed E-state index contributed by atoms with van der Waals surface area (Å²) in [5, 5.41) is 5.44. The molecule has 0 saturated heterocycles. The van der Waals surface area contributed by atoms with Crippen LogP contribution >= 0.6 is 11.6 Å². The molecule has 0 spiro atoms. The Morgan fingerprint density at radius 3 is 2.58 bits per heavy atom. The Morgan fingerprint density at radius 2 is 1.92 bits per heavy atom. The predicted octanol–water partition coefficient (Wildman–Crippen LogP) is 4.40. The summed E-state index contributed by atoms with van der Waals surface area (Å²) in [5.41, 5.74) is 1.27. The first-order valence-corrected chi connectivity index (χ1v) is 7.56. The molecule has 0 fully saturated rings. The molecule has 2 aromatic carbocycles. The van der Waals surface area contributed by atoms with Crippen LogP contribution in [0.15, 0.2) is 42.5 Å². The van der Waals surface area contributed by atoms with Crippen LogP contribution < -0.4 is 10.6 Å². The Morgan fingerprint density at radius 1 is 1.17 bits per heavy atom. The average Bonchev–Trinajstić information content (AvgIpc) is 2.51. The molecule has 2 N–H and O–H groups in total. The van der Waals surface area contributed by atoms with Crippen molar-refractivity contribution >= 4 is 23.2 Å². The molecule has 0 unspecified atom stereocenters. The molecule has 0 aromatic heterocycles. The van der Waals surface area contributed by atoms with Gasteiger partial charge in [-0.25, -0.2) is 0 Å². The summed E-state index contributed by atoms with van der Waals surface area (Å²) in [7, 11) is 0. The fourth-order valence-corrected chi connectivity index (χ4v) is 2.28. The highest BCUT2D eigenvalue weighted by Gasteiger charge is 2.30. The van der Waals surface area contributed by atoms with E-state index in [2.05, 4.69) is 10.6 Å². The van der Waals surface area contributed by atoms with Gasteiger partial charge in [-0.2, -0.15) is 13.2 Å². The van der Waals surface area contributed by atoms with Crippen molar-refractivity contribution in [2.75, 3.05) is 11.9 Å². The van der Waals surface area contributed by atoms with Gasteiger partial charge in [0.15, 0.2) is 0 Å². The number of amides is 1. The first kappa shape index (κ1) is 18.1. The maximum atomic E-state index is 12.7. The van der Waals surface area contributed by atoms with Crippen LogP contribution in [0.25, 0.3) is 0 Å². The number of rotatable bonds is 5. The smallest absolute Gasteiger partial charge is 0.375 e. The lowest BCUT2D eigenvalue weighted by Crippen LogP contribution is -2.29. The van der Waals surface area contributed by atoms with Gasteiger partial charge in [-0.05, 0) is 30.7 Å². The van der Waals surface area contributed by atoms with E-state index in [0.29, 0.717) is 6.54 Å². The number of aryl methyl sites for hydroxylation is 1. The molecule has 128 valence electrons. The van der Waals surface area contributed by atoms with Gasteiger partial charge in [0.25, 0.3) is 0 Å². The quantitative estimate of drug-likeness (QED) is 0.834. The zero-order valence-electron chi connectivity index (χ0n) is 12.9. The summed E-state index contributed by atoms with van der Waals surface area (Å²) in [4.78, 5) is 11.8. The summed E-state index contributed by atoms with van der Waals surface area (Å²) in [5.74, 6) is -0.343. The number of carbonyl (C=O) groups is 1. The van der Waals surface area contributed by atoms with E-state index in [1.54, 1.807) is 0 Å². The maximum absolute atomic E-state index is 12.7. The standard InChI is InChI=1S/C17H16ClF3N2O/c1-11-3-2-4-12(7-11)9-23-16(24)10-22-15-8-13(17(19,20)21)5-6-14(15)18/h2-8,22H,9-10H2,1H3,(H,23,24). The monoisotopic (exact) mass is 356 g/mol. The summed E-state index contributed by atoms with van der Waals surface area (Å²) in [6.07, 6.45) is -4.46. The third kappa shape index (κ3) is 5.16. The van der Waals surface area contributed by atoms with E-state index in [1.807, 2.05) is 31.2 Å². The molecule has 0 bridgehead atoms. The predicted molar refractivity (Wildman–Crippen MR) is 88.0 cm³/mol. The Bertz CT molecular complexity index is 732. The lowest BCUT2D eigenvalue weighted by Gasteiger charge is -2.12. The normalized spacial score (nSPS) is 11.2. The third-order valence-electron chi connectivity index (χ3n) is 3.31. The van der Waals surface area contributed by atoms with Crippen molar-refractivity contribution in [2.24, 2.45) is 0 Å². The van der Waals surface area contributed by atoms with Crippen LogP contribution in [-0.2, 0) is 17.5 Å². The van der Waals surface area contributed by atoms with Gasteiger partial charge in [0.1, 0.15) is 0 Å². The Labute approximate surface area is 142 Å². The van der Waals surface area contributed by atoms with Crippen molar-refractivity contribution < 1.29 is 18.0 Å². The molecule has 7 heteroatoms. The van der Waals surface area contributed by atoms with Gasteiger partial charge in [-0.15, -0.1) is 0 Å². The van der Waals surface area contributed by atoms with Gasteiger partial charge >= 0.3 is 6.18 Å². The molecule has 0 aliphatic heterocycles. The second kappa shape index (κ2) is 7.57. The molecule has 0 saturated carbocycles. The van der Waals surface area contributed by atoms with Crippen LogP contribution in [0.3, 0.4) is 0 Å². The molecule has 0 aliphatic rings. The van der Waals surface area contributed by atoms with Crippen LogP contribution in [0.1, 0.15) is 16.7 Å². The number of carbonyl (C=O) groups excluding carboxylic acids is 1. The molecule has 0 radical (unpaired) electrons. The molecule has 2 aromatic rings. The maximum Gasteiger partial charge on any atom is 0.416 e. The molecular weight excluding hydrogens is 341 g/mol. The van der Waals surface area contributed by atoms with Crippen LogP contribution in [0.2, 0.25) is 5.02 Å². The average molecular weight is 357 g/mol. The van der Waals surface area contributed by atoms with E-state index < -0.39 is 11.7 Å². The molecule has 0 aliphatic carbocycles. The van der Waals surface area contributed by atoms with E-state index in [1.165, 1.54) is 0 Å². The molecule has 24 heavy (non-hydrogen) atoms. The van der Waals surface area contributed by atoms with Gasteiger partial charge in [0.2, 0.25) is 5.91 Å². The largest absolute Gasteiger partial charge is 0.416 e. The van der Waals surface area contributed by atoms with Gasteiger partial charge in [0, 0.05) is 6.54 Å². The van der Waals surface area contributed by atoms with E-state index in [0.717, 1.165) is 29.3 Å². The van der Waals surface area contributed by atoms with Gasteiger partial charge in [-0.3, -0.25) is 4.79 Å². The SMILES string of the molecule is Cc1cccc(CNC(=O)CNc2cc(C(F)(F)F)ccc2Cl)c1. The van der Waals surface area contributed by atoms with Gasteiger partial charge < -0.3 is 10.6 Å². The first-order chi connectivity index (χ1) is 11.3. The van der Waals surface area contributed by atoms with E-state index in [4.69, 9.17) is 11.6 Å². The molecule has 1 amide bonds. The fourth-order valence-electron chi connectivity index (χ4n) is 2.10. The zero-order valence-corrected chi connectivity index (χ0v) is 13.6. The van der Waals surface area contributed by atoms with Crippen molar-refractivity contribution in [1.29, 1.82) is 0 Å². The van der Waals surface area contributed by atoms with Crippen molar-refractivity contribution in [3.63, 3.8) is 0 Å². The highest BCUT2D eigenvalue weighted by atomic mass is 35.5. The lowest BCUT2D eigenvalue weighted by molar-refractivity contribution is -0.137. The van der Waals surface area contributed by atoms with E-state index in [-0.39, 0.29) is 23.2 Å². The summed E-state index contributed by atoms with van der Waals surface area (Å²) < 4.78 is 38.1. The number of hydrogen-bond acceptors (Lipinski definition) is 2. The highest BCUT2D eigenvalue weighted by Crippen LogP contribution is 2.33. The van der Waals surface area contributed by atoms with Crippen molar-refractivity contribution in [2.45, 2.75) is 19.6 Å². The number of nitrogens with one attached hydrogen (secondary N) is 2. The fraction of sp³-hybridized carbons (Fsp3) is 0.235. The topological polar surface area (TPSA) is 41.1 Å². The van der Waals surface area contributed by atoms with E-state index in [9.17, 15) is 18.0 Å². The molecular formula is C17H16ClF3N2O. The van der Waals surface area contributed by atoms with Crippen LogP contribution in [0.4, 0.5) is 18.9 Å². The third-order valence-corrected chi connectivity index (χ3v) is 3.63. The van der Waals surface area contributed by atoms with E-state index >= 15 is 0 Å². The second-order valence-corrected chi connectivity index (χ2v) is 5.72. The second-order valence-electron chi connectivity index (χ2n) is 5.31. The van der Waals surface area contributed by atoms with Crippen molar-refractivity contribution in [1.82, 2.24) is 5.32 Å². The first-order valence-electron chi connectivity index (χ1n) is 7.18. The molecule has 0 atom stereocenters. The number of halogens is 4. The summed E-state index contributed by atoms with van der Waals surface area (Å²) >= 11 is 5.86. The highest BCUT2D eigenvalue weighted by molar-refractivity contribution is 6.33. The molecule has 2 rings (SSSR count). The lowest BCUT2D eigenvalue weighted by atomic mass is 10.1. The Hall–Kier alpha value is -2.21. The van der Waals surface area contributed by atoms with Gasteiger partial charge in [0.05, 0.1) is 22.8 Å². The van der Waals surface area contributed by atoms with Crippen LogP contribution in [0, 0.1) is 6.92 Å². The minimum atomic E-state index is -4.46. The number of anilines is 1.